The van der Waals surface area contributed by atoms with Gasteiger partial charge in [-0.1, -0.05) is 0 Å². The molecule has 0 amide bonds. The van der Waals surface area contributed by atoms with Gasteiger partial charge in [0.25, 0.3) is 0 Å². The third kappa shape index (κ3) is 2.37. The molecule has 114 valence electrons. The largest absolute Gasteiger partial charge is 0.438 e. The lowest BCUT2D eigenvalue weighted by atomic mass is 10.2. The summed E-state index contributed by atoms with van der Waals surface area (Å²) in [5.74, 6) is 1.07. The lowest BCUT2D eigenvalue weighted by Gasteiger charge is -2.07. The zero-order chi connectivity index (χ0) is 16.0. The molecule has 0 aliphatic rings. The van der Waals surface area contributed by atoms with E-state index in [4.69, 9.17) is 9.15 Å². The number of thiophene rings is 1. The summed E-state index contributed by atoms with van der Waals surface area (Å²) in [4.78, 5) is 22.0. The first kappa shape index (κ1) is 13.9. The number of nitrogens with zero attached hydrogens (tertiary/aromatic N) is 2. The average Bonchev–Trinajstić information content (AvgIpc) is 2.83. The van der Waals surface area contributed by atoms with E-state index in [2.05, 4.69) is 16.9 Å². The molecule has 5 nitrogen and oxygen atoms in total. The Morgan fingerprint density at radius 3 is 2.83 bits per heavy atom. The van der Waals surface area contributed by atoms with Crippen molar-refractivity contribution in [3.8, 4) is 11.6 Å². The summed E-state index contributed by atoms with van der Waals surface area (Å²) in [6, 6.07) is 8.48. The van der Waals surface area contributed by atoms with Crippen molar-refractivity contribution >= 4 is 32.5 Å². The van der Waals surface area contributed by atoms with Gasteiger partial charge in [-0.2, -0.15) is 0 Å². The van der Waals surface area contributed by atoms with E-state index < -0.39 is 0 Å². The van der Waals surface area contributed by atoms with Crippen molar-refractivity contribution in [2.24, 2.45) is 0 Å². The second-order valence-corrected chi connectivity index (χ2v) is 6.40. The molecule has 4 rings (SSSR count). The summed E-state index contributed by atoms with van der Waals surface area (Å²) < 4.78 is 11.1. The Hall–Kier alpha value is -2.73. The minimum absolute atomic E-state index is 0.386. The van der Waals surface area contributed by atoms with E-state index in [0.29, 0.717) is 17.2 Å². The highest BCUT2D eigenvalue weighted by atomic mass is 32.1. The number of benzene rings is 1. The van der Waals surface area contributed by atoms with Gasteiger partial charge in [-0.05, 0) is 37.6 Å². The summed E-state index contributed by atoms with van der Waals surface area (Å²) in [5.41, 5.74) is 1.22. The minimum Gasteiger partial charge on any atom is -0.438 e. The SMILES string of the molecule is Cc1sc2ncnc(Oc3ccc4ccc(=O)oc4c3)c2c1C. The fourth-order valence-corrected chi connectivity index (χ4v) is 3.43. The van der Waals surface area contributed by atoms with Gasteiger partial charge in [-0.25, -0.2) is 14.8 Å². The van der Waals surface area contributed by atoms with Crippen molar-refractivity contribution in [3.63, 3.8) is 0 Å². The van der Waals surface area contributed by atoms with Crippen LogP contribution in [0.1, 0.15) is 10.4 Å². The third-order valence-electron chi connectivity index (χ3n) is 3.74. The Labute approximate surface area is 135 Å². The molecule has 0 saturated heterocycles. The molecule has 0 saturated carbocycles. The maximum Gasteiger partial charge on any atom is 0.336 e. The molecule has 6 heteroatoms. The number of aromatic nitrogens is 2. The quantitative estimate of drug-likeness (QED) is 0.517. The first-order valence-electron chi connectivity index (χ1n) is 7.04. The number of aryl methyl sites for hydroxylation is 2. The van der Waals surface area contributed by atoms with Gasteiger partial charge in [0.1, 0.15) is 22.5 Å². The van der Waals surface area contributed by atoms with Crippen LogP contribution in [0.25, 0.3) is 21.2 Å². The van der Waals surface area contributed by atoms with E-state index in [9.17, 15) is 4.79 Å². The van der Waals surface area contributed by atoms with Gasteiger partial charge >= 0.3 is 5.63 Å². The lowest BCUT2D eigenvalue weighted by Crippen LogP contribution is -1.95. The van der Waals surface area contributed by atoms with E-state index in [-0.39, 0.29) is 5.63 Å². The van der Waals surface area contributed by atoms with Crippen molar-refractivity contribution in [1.29, 1.82) is 0 Å². The molecule has 0 aliphatic heterocycles. The monoisotopic (exact) mass is 324 g/mol. The van der Waals surface area contributed by atoms with Crippen LogP contribution in [0.5, 0.6) is 11.6 Å². The molecule has 0 radical (unpaired) electrons. The highest BCUT2D eigenvalue weighted by molar-refractivity contribution is 7.18. The molecule has 0 aliphatic carbocycles. The molecule has 0 N–H and O–H groups in total. The number of hydrogen-bond acceptors (Lipinski definition) is 6. The molecule has 0 spiro atoms. The van der Waals surface area contributed by atoms with E-state index in [1.807, 2.05) is 19.1 Å². The Morgan fingerprint density at radius 2 is 1.96 bits per heavy atom. The topological polar surface area (TPSA) is 65.2 Å². The van der Waals surface area contributed by atoms with Crippen LogP contribution in [0, 0.1) is 13.8 Å². The highest BCUT2D eigenvalue weighted by Crippen LogP contribution is 2.36. The van der Waals surface area contributed by atoms with Gasteiger partial charge in [0, 0.05) is 22.4 Å². The molecular weight excluding hydrogens is 312 g/mol. The van der Waals surface area contributed by atoms with Crippen LogP contribution in [0.4, 0.5) is 0 Å². The number of hydrogen-bond donors (Lipinski definition) is 0. The molecule has 3 aromatic heterocycles. The Balaban J connectivity index is 1.83. The molecule has 4 aromatic rings. The molecule has 23 heavy (non-hydrogen) atoms. The van der Waals surface area contributed by atoms with Crippen molar-refractivity contribution in [3.05, 3.63) is 57.5 Å². The zero-order valence-corrected chi connectivity index (χ0v) is 13.3. The van der Waals surface area contributed by atoms with E-state index >= 15 is 0 Å². The zero-order valence-electron chi connectivity index (χ0n) is 12.5. The van der Waals surface area contributed by atoms with E-state index in [1.165, 1.54) is 17.3 Å². The van der Waals surface area contributed by atoms with Gasteiger partial charge in [0.15, 0.2) is 0 Å². The van der Waals surface area contributed by atoms with E-state index in [0.717, 1.165) is 21.2 Å². The van der Waals surface area contributed by atoms with Crippen LogP contribution in [0.3, 0.4) is 0 Å². The van der Waals surface area contributed by atoms with Crippen LogP contribution in [0.2, 0.25) is 0 Å². The predicted molar refractivity (Wildman–Crippen MR) is 89.4 cm³/mol. The average molecular weight is 324 g/mol. The molecular formula is C17H12N2O3S. The second kappa shape index (κ2) is 5.17. The van der Waals surface area contributed by atoms with Crippen molar-refractivity contribution < 1.29 is 9.15 Å². The Morgan fingerprint density at radius 1 is 1.13 bits per heavy atom. The van der Waals surface area contributed by atoms with Crippen LogP contribution in [0.15, 0.2) is 45.9 Å². The predicted octanol–water partition coefficient (Wildman–Crippen LogP) is 4.21. The first-order valence-corrected chi connectivity index (χ1v) is 7.86. The molecule has 0 bridgehead atoms. The fourth-order valence-electron chi connectivity index (χ4n) is 2.44. The molecule has 3 heterocycles. The van der Waals surface area contributed by atoms with Crippen LogP contribution in [-0.4, -0.2) is 9.97 Å². The van der Waals surface area contributed by atoms with Crippen molar-refractivity contribution in [2.45, 2.75) is 13.8 Å². The van der Waals surface area contributed by atoms with E-state index in [1.54, 1.807) is 23.5 Å². The van der Waals surface area contributed by atoms with Gasteiger partial charge in [0.2, 0.25) is 5.88 Å². The van der Waals surface area contributed by atoms with Gasteiger partial charge in [-0.15, -0.1) is 11.3 Å². The van der Waals surface area contributed by atoms with Crippen molar-refractivity contribution in [1.82, 2.24) is 9.97 Å². The van der Waals surface area contributed by atoms with Crippen LogP contribution >= 0.6 is 11.3 Å². The number of fused-ring (bicyclic) bond motifs is 2. The summed E-state index contributed by atoms with van der Waals surface area (Å²) in [7, 11) is 0. The molecule has 0 fully saturated rings. The number of ether oxygens (including phenoxy) is 1. The Bertz CT molecular complexity index is 1100. The summed E-state index contributed by atoms with van der Waals surface area (Å²) in [6.45, 7) is 4.08. The molecule has 1 aromatic carbocycles. The molecule has 0 unspecified atom stereocenters. The summed E-state index contributed by atoms with van der Waals surface area (Å²) in [5, 5.41) is 1.76. The maximum atomic E-state index is 11.3. The molecule has 0 atom stereocenters. The standard InChI is InChI=1S/C17H12N2O3S/c1-9-10(2)23-17-15(9)16(18-8-19-17)21-12-5-3-11-4-6-14(20)22-13(11)7-12/h3-8H,1-2H3. The second-order valence-electron chi connectivity index (χ2n) is 5.20. The van der Waals surface area contributed by atoms with Gasteiger partial charge < -0.3 is 9.15 Å². The smallest absolute Gasteiger partial charge is 0.336 e. The lowest BCUT2D eigenvalue weighted by molar-refractivity contribution is 0.466. The first-order chi connectivity index (χ1) is 11.1. The normalized spacial score (nSPS) is 11.2. The minimum atomic E-state index is -0.386. The number of rotatable bonds is 2. The Kier molecular flexibility index (Phi) is 3.12. The van der Waals surface area contributed by atoms with Crippen molar-refractivity contribution in [2.75, 3.05) is 0 Å². The highest BCUT2D eigenvalue weighted by Gasteiger charge is 2.14. The van der Waals surface area contributed by atoms with Crippen LogP contribution in [-0.2, 0) is 0 Å². The fraction of sp³-hybridized carbons (Fsp3) is 0.118. The maximum absolute atomic E-state index is 11.3. The van der Waals surface area contributed by atoms with Gasteiger partial charge in [0.05, 0.1) is 5.39 Å². The third-order valence-corrected chi connectivity index (χ3v) is 4.85. The summed E-state index contributed by atoms with van der Waals surface area (Å²) in [6.07, 6.45) is 1.49. The van der Waals surface area contributed by atoms with Gasteiger partial charge in [-0.3, -0.25) is 0 Å². The van der Waals surface area contributed by atoms with Crippen LogP contribution < -0.4 is 10.4 Å². The summed E-state index contributed by atoms with van der Waals surface area (Å²) >= 11 is 1.62.